The van der Waals surface area contributed by atoms with Crippen molar-refractivity contribution in [3.05, 3.63) is 46.4 Å². The molecule has 1 fully saturated rings. The second-order valence-electron chi connectivity index (χ2n) is 8.10. The molecule has 0 saturated heterocycles. The first kappa shape index (κ1) is 21.9. The van der Waals surface area contributed by atoms with Crippen LogP contribution in [-0.4, -0.2) is 27.3 Å². The Hall–Kier alpha value is -2.83. The lowest BCUT2D eigenvalue weighted by atomic mass is 9.86. The largest absolute Gasteiger partial charge is 0.453 e. The Bertz CT molecular complexity index is 939. The van der Waals surface area contributed by atoms with Gasteiger partial charge in [0.05, 0.1) is 11.4 Å². The smallest absolute Gasteiger partial charge is 0.306 e. The summed E-state index contributed by atoms with van der Waals surface area (Å²) in [6.07, 6.45) is 6.26. The van der Waals surface area contributed by atoms with Crippen molar-refractivity contribution in [1.29, 1.82) is 0 Å². The number of anilines is 1. The highest BCUT2D eigenvalue weighted by atomic mass is 16.5. The highest BCUT2D eigenvalue weighted by Gasteiger charge is 2.23. The van der Waals surface area contributed by atoms with Gasteiger partial charge in [0.15, 0.2) is 6.10 Å². The first-order valence-electron chi connectivity index (χ1n) is 10.7. The number of nitrogens with one attached hydrogen (secondary N) is 1. The molecule has 1 N–H and O–H groups in total. The Kier molecular flexibility index (Phi) is 7.13. The summed E-state index contributed by atoms with van der Waals surface area (Å²) in [4.78, 5) is 37.6. The number of nitrogens with zero attached hydrogens (tertiary/aromatic N) is 2. The minimum atomic E-state index is -0.965. The number of hydrogen-bond donors (Lipinski definition) is 1. The van der Waals surface area contributed by atoms with Crippen LogP contribution in [0.2, 0.25) is 0 Å². The van der Waals surface area contributed by atoms with Crippen LogP contribution >= 0.6 is 0 Å². The third kappa shape index (κ3) is 5.01. The van der Waals surface area contributed by atoms with Gasteiger partial charge in [-0.05, 0) is 38.3 Å². The Balaban J connectivity index is 1.61. The van der Waals surface area contributed by atoms with Crippen molar-refractivity contribution >= 4 is 17.6 Å². The topological polar surface area (TPSA) is 82.3 Å². The SMILES string of the molecule is Cc1c(NC(=O)C(C)OC(=O)CCC2CCCCC2)c(=O)n(-c2ccccc2)n1C. The number of amides is 1. The third-order valence-corrected chi connectivity index (χ3v) is 5.96. The van der Waals surface area contributed by atoms with Crippen LogP contribution in [0.4, 0.5) is 5.69 Å². The minimum Gasteiger partial charge on any atom is -0.453 e. The number of aromatic nitrogens is 2. The van der Waals surface area contributed by atoms with Gasteiger partial charge in [-0.2, -0.15) is 0 Å². The van der Waals surface area contributed by atoms with Gasteiger partial charge >= 0.3 is 5.97 Å². The molecule has 1 aromatic heterocycles. The van der Waals surface area contributed by atoms with Crippen LogP contribution in [0.25, 0.3) is 5.69 Å². The van der Waals surface area contributed by atoms with Crippen molar-refractivity contribution in [3.8, 4) is 5.69 Å². The van der Waals surface area contributed by atoms with Gasteiger partial charge in [-0.3, -0.25) is 19.1 Å². The molecule has 3 rings (SSSR count). The summed E-state index contributed by atoms with van der Waals surface area (Å²) in [7, 11) is 1.76. The Labute approximate surface area is 177 Å². The number of carbonyl (C=O) groups excluding carboxylic acids is 2. The van der Waals surface area contributed by atoms with E-state index in [0.717, 1.165) is 6.42 Å². The predicted molar refractivity (Wildman–Crippen MR) is 116 cm³/mol. The van der Waals surface area contributed by atoms with Crippen LogP contribution in [0.5, 0.6) is 0 Å². The number of rotatable bonds is 7. The number of hydrogen-bond acceptors (Lipinski definition) is 4. The third-order valence-electron chi connectivity index (χ3n) is 5.96. The summed E-state index contributed by atoms with van der Waals surface area (Å²) in [5.41, 5.74) is 1.19. The molecule has 2 aromatic rings. The molecule has 0 aliphatic heterocycles. The zero-order valence-corrected chi connectivity index (χ0v) is 18.0. The average molecular weight is 414 g/mol. The van der Waals surface area contributed by atoms with E-state index in [9.17, 15) is 14.4 Å². The fourth-order valence-electron chi connectivity index (χ4n) is 4.04. The number of esters is 1. The lowest BCUT2D eigenvalue weighted by Crippen LogP contribution is -2.32. The lowest BCUT2D eigenvalue weighted by molar-refractivity contribution is -0.153. The molecule has 1 heterocycles. The maximum absolute atomic E-state index is 12.9. The van der Waals surface area contributed by atoms with E-state index in [-0.39, 0.29) is 17.2 Å². The molecular formula is C23H31N3O4. The van der Waals surface area contributed by atoms with Crippen LogP contribution in [-0.2, 0) is 21.4 Å². The van der Waals surface area contributed by atoms with E-state index in [4.69, 9.17) is 4.74 Å². The van der Waals surface area contributed by atoms with Gasteiger partial charge in [-0.1, -0.05) is 50.3 Å². The highest BCUT2D eigenvalue weighted by molar-refractivity contribution is 5.95. The van der Waals surface area contributed by atoms with E-state index >= 15 is 0 Å². The van der Waals surface area contributed by atoms with Crippen molar-refractivity contribution < 1.29 is 14.3 Å². The molecular weight excluding hydrogens is 382 g/mol. The van der Waals surface area contributed by atoms with Crippen LogP contribution in [0.15, 0.2) is 35.1 Å². The summed E-state index contributed by atoms with van der Waals surface area (Å²) < 4.78 is 8.49. The molecule has 30 heavy (non-hydrogen) atoms. The molecule has 1 amide bonds. The standard InChI is InChI=1S/C23H31N3O4/c1-16-21(23(29)26(25(16)3)19-12-8-5-9-13-19)24-22(28)17(2)30-20(27)15-14-18-10-6-4-7-11-18/h5,8-9,12-13,17-18H,4,6-7,10-11,14-15H2,1-3H3,(H,24,28). The molecule has 1 aliphatic rings. The number of para-hydroxylation sites is 1. The number of ether oxygens (including phenoxy) is 1. The van der Waals surface area contributed by atoms with Gasteiger partial charge in [0.2, 0.25) is 0 Å². The van der Waals surface area contributed by atoms with Crippen LogP contribution in [0, 0.1) is 12.8 Å². The fourth-order valence-corrected chi connectivity index (χ4v) is 4.04. The Morgan fingerprint density at radius 1 is 1.17 bits per heavy atom. The van der Waals surface area contributed by atoms with Crippen LogP contribution in [0.1, 0.15) is 57.6 Å². The molecule has 0 spiro atoms. The fraction of sp³-hybridized carbons (Fsp3) is 0.522. The normalized spacial score (nSPS) is 15.6. The number of carbonyl (C=O) groups is 2. The molecule has 0 bridgehead atoms. The maximum Gasteiger partial charge on any atom is 0.306 e. The molecule has 0 radical (unpaired) electrons. The summed E-state index contributed by atoms with van der Waals surface area (Å²) in [5.74, 6) is -0.291. The van der Waals surface area contributed by atoms with E-state index in [2.05, 4.69) is 5.32 Å². The van der Waals surface area contributed by atoms with Gasteiger partial charge in [-0.25, -0.2) is 4.68 Å². The second-order valence-corrected chi connectivity index (χ2v) is 8.10. The maximum atomic E-state index is 12.9. The Morgan fingerprint density at radius 3 is 2.50 bits per heavy atom. The highest BCUT2D eigenvalue weighted by Crippen LogP contribution is 2.27. The molecule has 7 nitrogen and oxygen atoms in total. The quantitative estimate of drug-likeness (QED) is 0.702. The Morgan fingerprint density at radius 2 is 1.83 bits per heavy atom. The van der Waals surface area contributed by atoms with Gasteiger partial charge in [0, 0.05) is 13.5 Å². The first-order chi connectivity index (χ1) is 14.4. The van der Waals surface area contributed by atoms with E-state index in [1.54, 1.807) is 18.7 Å². The van der Waals surface area contributed by atoms with Gasteiger partial charge in [0.25, 0.3) is 11.5 Å². The van der Waals surface area contributed by atoms with Crippen LogP contribution in [0.3, 0.4) is 0 Å². The second kappa shape index (κ2) is 9.78. The summed E-state index contributed by atoms with van der Waals surface area (Å²) >= 11 is 0. The molecule has 7 heteroatoms. The van der Waals surface area contributed by atoms with Crippen molar-refractivity contribution in [1.82, 2.24) is 9.36 Å². The van der Waals surface area contributed by atoms with Crippen molar-refractivity contribution in [2.75, 3.05) is 5.32 Å². The van der Waals surface area contributed by atoms with E-state index in [1.807, 2.05) is 30.3 Å². The molecule has 1 unspecified atom stereocenters. The van der Waals surface area contributed by atoms with E-state index < -0.39 is 12.0 Å². The van der Waals surface area contributed by atoms with Crippen molar-refractivity contribution in [2.24, 2.45) is 13.0 Å². The summed E-state index contributed by atoms with van der Waals surface area (Å²) in [5, 5.41) is 2.65. The van der Waals surface area contributed by atoms with Gasteiger partial charge < -0.3 is 10.1 Å². The lowest BCUT2D eigenvalue weighted by Gasteiger charge is -2.21. The van der Waals surface area contributed by atoms with Crippen molar-refractivity contribution in [2.45, 2.75) is 64.9 Å². The first-order valence-corrected chi connectivity index (χ1v) is 10.7. The summed E-state index contributed by atoms with van der Waals surface area (Å²) in [6.45, 7) is 3.29. The molecule has 1 aliphatic carbocycles. The zero-order valence-electron chi connectivity index (χ0n) is 18.0. The van der Waals surface area contributed by atoms with Gasteiger partial charge in [-0.15, -0.1) is 0 Å². The predicted octanol–water partition coefficient (Wildman–Crippen LogP) is 3.72. The molecule has 1 saturated carbocycles. The minimum absolute atomic E-state index is 0.191. The average Bonchev–Trinajstić information content (AvgIpc) is 2.96. The van der Waals surface area contributed by atoms with E-state index in [1.165, 1.54) is 43.7 Å². The van der Waals surface area contributed by atoms with Crippen LogP contribution < -0.4 is 10.9 Å². The molecule has 162 valence electrons. The zero-order chi connectivity index (χ0) is 21.7. The van der Waals surface area contributed by atoms with Gasteiger partial charge in [0.1, 0.15) is 5.69 Å². The molecule has 1 aromatic carbocycles. The van der Waals surface area contributed by atoms with Crippen molar-refractivity contribution in [3.63, 3.8) is 0 Å². The van der Waals surface area contributed by atoms with E-state index in [0.29, 0.717) is 23.7 Å². The monoisotopic (exact) mass is 413 g/mol. The number of benzene rings is 1. The molecule has 1 atom stereocenters. The summed E-state index contributed by atoms with van der Waals surface area (Å²) in [6, 6.07) is 9.21.